The number of carboxylic acids is 1. The first-order valence-electron chi connectivity index (χ1n) is 7.28. The minimum absolute atomic E-state index is 0.189. The van der Waals surface area contributed by atoms with Crippen LogP contribution in [0.4, 0.5) is 0 Å². The van der Waals surface area contributed by atoms with E-state index in [9.17, 15) is 4.79 Å². The highest BCUT2D eigenvalue weighted by molar-refractivity contribution is 6.30. The Morgan fingerprint density at radius 2 is 2.35 bits per heavy atom. The van der Waals surface area contributed by atoms with Crippen LogP contribution in [0.2, 0.25) is 5.02 Å². The second kappa shape index (κ2) is 7.09. The predicted octanol–water partition coefficient (Wildman–Crippen LogP) is 3.66. The van der Waals surface area contributed by atoms with Crippen molar-refractivity contribution in [3.05, 3.63) is 34.9 Å². The van der Waals surface area contributed by atoms with Gasteiger partial charge < -0.3 is 5.11 Å². The van der Waals surface area contributed by atoms with Gasteiger partial charge in [0.25, 0.3) is 0 Å². The molecule has 110 valence electrons. The van der Waals surface area contributed by atoms with Crippen LogP contribution in [0, 0.1) is 11.8 Å². The lowest BCUT2D eigenvalue weighted by Gasteiger charge is -2.18. The molecule has 0 aliphatic carbocycles. The number of carbonyl (C=O) groups is 1. The van der Waals surface area contributed by atoms with Crippen LogP contribution in [0.3, 0.4) is 0 Å². The van der Waals surface area contributed by atoms with E-state index in [-0.39, 0.29) is 5.92 Å². The van der Waals surface area contributed by atoms with Gasteiger partial charge in [0.05, 0.1) is 5.92 Å². The van der Waals surface area contributed by atoms with Gasteiger partial charge >= 0.3 is 5.97 Å². The average Bonchev–Trinajstić information content (AvgIpc) is 2.83. The van der Waals surface area contributed by atoms with E-state index >= 15 is 0 Å². The Labute approximate surface area is 125 Å². The van der Waals surface area contributed by atoms with E-state index in [1.54, 1.807) is 0 Å². The molecule has 1 aliphatic rings. The first-order chi connectivity index (χ1) is 9.58. The molecule has 2 atom stereocenters. The maximum atomic E-state index is 11.1. The summed E-state index contributed by atoms with van der Waals surface area (Å²) in [6, 6.07) is 7.95. The van der Waals surface area contributed by atoms with E-state index in [0.29, 0.717) is 5.92 Å². The monoisotopic (exact) mass is 295 g/mol. The van der Waals surface area contributed by atoms with Crippen molar-refractivity contribution in [3.63, 3.8) is 0 Å². The van der Waals surface area contributed by atoms with E-state index in [2.05, 4.69) is 11.0 Å². The quantitative estimate of drug-likeness (QED) is 0.870. The van der Waals surface area contributed by atoms with Crippen molar-refractivity contribution in [1.29, 1.82) is 0 Å². The topological polar surface area (TPSA) is 40.5 Å². The number of hydrogen-bond acceptors (Lipinski definition) is 2. The van der Waals surface area contributed by atoms with Crippen LogP contribution in [0.25, 0.3) is 0 Å². The molecule has 0 amide bonds. The van der Waals surface area contributed by atoms with Gasteiger partial charge in [-0.2, -0.15) is 0 Å². The van der Waals surface area contributed by atoms with Gasteiger partial charge in [-0.3, -0.25) is 9.69 Å². The summed E-state index contributed by atoms with van der Waals surface area (Å²) >= 11 is 6.00. The Balaban J connectivity index is 1.84. The summed E-state index contributed by atoms with van der Waals surface area (Å²) in [5, 5.41) is 9.91. The molecule has 0 spiro atoms. The lowest BCUT2D eigenvalue weighted by atomic mass is 9.92. The van der Waals surface area contributed by atoms with Crippen LogP contribution in [0.5, 0.6) is 0 Å². The van der Waals surface area contributed by atoms with E-state index in [4.69, 9.17) is 16.7 Å². The first-order valence-corrected chi connectivity index (χ1v) is 7.66. The van der Waals surface area contributed by atoms with Crippen molar-refractivity contribution >= 4 is 17.6 Å². The Bertz CT molecular complexity index is 464. The minimum Gasteiger partial charge on any atom is -0.481 e. The summed E-state index contributed by atoms with van der Waals surface area (Å²) in [6.07, 6.45) is 2.63. The fourth-order valence-electron chi connectivity index (χ4n) is 2.99. The third-order valence-corrected chi connectivity index (χ3v) is 4.36. The highest BCUT2D eigenvalue weighted by Crippen LogP contribution is 2.26. The highest BCUT2D eigenvalue weighted by Gasteiger charge is 2.27. The average molecular weight is 296 g/mol. The third kappa shape index (κ3) is 4.22. The summed E-state index contributed by atoms with van der Waals surface area (Å²) in [4.78, 5) is 13.5. The number of rotatable bonds is 6. The molecule has 0 bridgehead atoms. The summed E-state index contributed by atoms with van der Waals surface area (Å²) in [5.74, 6) is -0.331. The Morgan fingerprint density at radius 3 is 3.00 bits per heavy atom. The first kappa shape index (κ1) is 15.3. The van der Waals surface area contributed by atoms with E-state index in [1.165, 1.54) is 5.56 Å². The zero-order chi connectivity index (χ0) is 14.5. The van der Waals surface area contributed by atoms with Gasteiger partial charge in [0, 0.05) is 18.1 Å². The lowest BCUT2D eigenvalue weighted by molar-refractivity contribution is -0.142. The number of aliphatic carboxylic acids is 1. The number of hydrogen-bond donors (Lipinski definition) is 1. The van der Waals surface area contributed by atoms with Crippen molar-refractivity contribution < 1.29 is 9.90 Å². The maximum absolute atomic E-state index is 11.1. The molecule has 1 heterocycles. The number of carboxylic acid groups (broad SMARTS) is 1. The molecule has 2 rings (SSSR count). The van der Waals surface area contributed by atoms with Gasteiger partial charge in [-0.25, -0.2) is 0 Å². The Kier molecular flexibility index (Phi) is 5.44. The van der Waals surface area contributed by atoms with Crippen molar-refractivity contribution in [2.45, 2.75) is 32.7 Å². The molecule has 1 saturated heterocycles. The van der Waals surface area contributed by atoms with Crippen LogP contribution < -0.4 is 0 Å². The van der Waals surface area contributed by atoms with Gasteiger partial charge in [-0.15, -0.1) is 0 Å². The molecule has 1 N–H and O–H groups in total. The number of benzene rings is 1. The van der Waals surface area contributed by atoms with Crippen molar-refractivity contribution in [3.8, 4) is 0 Å². The molecule has 1 aromatic rings. The van der Waals surface area contributed by atoms with E-state index in [0.717, 1.165) is 43.9 Å². The van der Waals surface area contributed by atoms with E-state index in [1.807, 2.05) is 25.1 Å². The summed E-state index contributed by atoms with van der Waals surface area (Å²) in [5.41, 5.74) is 1.23. The number of nitrogens with zero attached hydrogens (tertiary/aromatic N) is 1. The molecule has 1 aromatic carbocycles. The molecular formula is C16H22ClNO2. The fourth-order valence-corrected chi connectivity index (χ4v) is 3.20. The smallest absolute Gasteiger partial charge is 0.306 e. The minimum atomic E-state index is -0.652. The molecule has 0 aromatic heterocycles. The standard InChI is InChI=1S/C16H22ClNO2/c1-2-14(16(19)20)8-13-6-7-18(11-13)10-12-4-3-5-15(17)9-12/h3-5,9,13-14H,2,6-8,10-11H2,1H3,(H,19,20). The second-order valence-electron chi connectivity index (χ2n) is 5.70. The molecule has 20 heavy (non-hydrogen) atoms. The third-order valence-electron chi connectivity index (χ3n) is 4.13. The zero-order valence-corrected chi connectivity index (χ0v) is 12.6. The largest absolute Gasteiger partial charge is 0.481 e. The Morgan fingerprint density at radius 1 is 1.55 bits per heavy atom. The Hall–Kier alpha value is -1.06. The number of halogens is 1. The molecule has 0 radical (unpaired) electrons. The molecule has 2 unspecified atom stereocenters. The van der Waals surface area contributed by atoms with Crippen molar-refractivity contribution in [1.82, 2.24) is 4.90 Å². The SMILES string of the molecule is CCC(CC1CCN(Cc2cccc(Cl)c2)C1)C(=O)O. The van der Waals surface area contributed by atoms with Crippen molar-refractivity contribution in [2.75, 3.05) is 13.1 Å². The van der Waals surface area contributed by atoms with Crippen molar-refractivity contribution in [2.24, 2.45) is 11.8 Å². The molecule has 1 fully saturated rings. The predicted molar refractivity (Wildman–Crippen MR) is 80.9 cm³/mol. The van der Waals surface area contributed by atoms with E-state index < -0.39 is 5.97 Å². The van der Waals surface area contributed by atoms with Gasteiger partial charge in [0.15, 0.2) is 0 Å². The zero-order valence-electron chi connectivity index (χ0n) is 11.9. The summed E-state index contributed by atoms with van der Waals surface area (Å²) in [6.45, 7) is 4.90. The number of likely N-dealkylation sites (tertiary alicyclic amines) is 1. The second-order valence-corrected chi connectivity index (χ2v) is 6.14. The molecule has 0 saturated carbocycles. The summed E-state index contributed by atoms with van der Waals surface area (Å²) in [7, 11) is 0. The molecule has 1 aliphatic heterocycles. The van der Waals surface area contributed by atoms with Crippen LogP contribution in [-0.4, -0.2) is 29.1 Å². The molecule has 3 nitrogen and oxygen atoms in total. The van der Waals surface area contributed by atoms with Gasteiger partial charge in [-0.05, 0) is 49.4 Å². The highest BCUT2D eigenvalue weighted by atomic mass is 35.5. The van der Waals surface area contributed by atoms with Gasteiger partial charge in [0.1, 0.15) is 0 Å². The lowest BCUT2D eigenvalue weighted by Crippen LogP contribution is -2.22. The fraction of sp³-hybridized carbons (Fsp3) is 0.562. The van der Waals surface area contributed by atoms with Crippen LogP contribution in [0.15, 0.2) is 24.3 Å². The van der Waals surface area contributed by atoms with Crippen LogP contribution in [0.1, 0.15) is 31.7 Å². The molecular weight excluding hydrogens is 274 g/mol. The van der Waals surface area contributed by atoms with Crippen LogP contribution >= 0.6 is 11.6 Å². The van der Waals surface area contributed by atoms with Crippen LogP contribution in [-0.2, 0) is 11.3 Å². The normalized spacial score (nSPS) is 21.0. The molecule has 4 heteroatoms. The van der Waals surface area contributed by atoms with Gasteiger partial charge in [0.2, 0.25) is 0 Å². The summed E-state index contributed by atoms with van der Waals surface area (Å²) < 4.78 is 0. The van der Waals surface area contributed by atoms with Gasteiger partial charge in [-0.1, -0.05) is 30.7 Å². The maximum Gasteiger partial charge on any atom is 0.306 e.